The van der Waals surface area contributed by atoms with Crippen molar-refractivity contribution in [3.63, 3.8) is 0 Å². The number of ether oxygens (including phenoxy) is 1. The van der Waals surface area contributed by atoms with E-state index in [0.717, 1.165) is 23.7 Å². The molecule has 0 spiro atoms. The highest BCUT2D eigenvalue weighted by molar-refractivity contribution is 9.09. The highest BCUT2D eigenvalue weighted by atomic mass is 79.9. The van der Waals surface area contributed by atoms with Crippen LogP contribution in [0.2, 0.25) is 0 Å². The zero-order valence-corrected chi connectivity index (χ0v) is 12.8. The Kier molecular flexibility index (Phi) is 8.23. The molecule has 0 saturated heterocycles. The van der Waals surface area contributed by atoms with Crippen LogP contribution < -0.4 is 0 Å². The minimum Gasteiger partial charge on any atom is -0.461 e. The number of hydrogen-bond acceptors (Lipinski definition) is 2. The van der Waals surface area contributed by atoms with Crippen LogP contribution >= 0.6 is 15.9 Å². The summed E-state index contributed by atoms with van der Waals surface area (Å²) in [5.74, 6) is -0.149. The van der Waals surface area contributed by atoms with Gasteiger partial charge in [0, 0.05) is 5.33 Å². The van der Waals surface area contributed by atoms with Gasteiger partial charge in [-0.2, -0.15) is 0 Å². The van der Waals surface area contributed by atoms with E-state index < -0.39 is 5.41 Å². The van der Waals surface area contributed by atoms with E-state index in [0.29, 0.717) is 6.61 Å². The summed E-state index contributed by atoms with van der Waals surface area (Å²) >= 11 is 3.33. The third-order valence-corrected chi connectivity index (χ3v) is 2.50. The van der Waals surface area contributed by atoms with E-state index in [9.17, 15) is 4.79 Å². The van der Waals surface area contributed by atoms with E-state index in [1.807, 2.05) is 27.7 Å². The van der Waals surface area contributed by atoms with Crippen molar-refractivity contribution in [2.75, 3.05) is 11.9 Å². The van der Waals surface area contributed by atoms with Gasteiger partial charge >= 0.3 is 5.97 Å². The van der Waals surface area contributed by atoms with Gasteiger partial charge in [-0.3, -0.25) is 4.79 Å². The van der Waals surface area contributed by atoms with Crippen LogP contribution in [0, 0.1) is 5.41 Å². The van der Waals surface area contributed by atoms with Crippen LogP contribution in [-0.2, 0) is 9.53 Å². The quantitative estimate of drug-likeness (QED) is 0.317. The number of unbranched alkanes of at least 4 members (excludes halogenated alkanes) is 1. The maximum Gasteiger partial charge on any atom is 0.311 e. The molecule has 98 valence electrons. The van der Waals surface area contributed by atoms with Crippen molar-refractivity contribution in [1.82, 2.24) is 0 Å². The maximum atomic E-state index is 11.5. The van der Waals surface area contributed by atoms with Crippen molar-refractivity contribution in [1.29, 1.82) is 0 Å². The van der Waals surface area contributed by atoms with Crippen molar-refractivity contribution in [2.24, 2.45) is 5.41 Å². The molecule has 0 heterocycles. The Balaban J connectivity index is 3.86. The number of allylic oxidation sites excluding steroid dienone is 3. The van der Waals surface area contributed by atoms with Crippen LogP contribution in [0.3, 0.4) is 0 Å². The van der Waals surface area contributed by atoms with Crippen molar-refractivity contribution in [3.05, 3.63) is 23.8 Å². The Bertz CT molecular complexity index is 285. The summed E-state index contributed by atoms with van der Waals surface area (Å²) in [6.07, 6.45) is 8.36. The molecule has 0 rings (SSSR count). The monoisotopic (exact) mass is 302 g/mol. The molecule has 0 fully saturated rings. The smallest absolute Gasteiger partial charge is 0.311 e. The van der Waals surface area contributed by atoms with Crippen molar-refractivity contribution in [2.45, 2.75) is 40.5 Å². The Morgan fingerprint density at radius 3 is 2.41 bits per heavy atom. The van der Waals surface area contributed by atoms with Crippen LogP contribution in [0.25, 0.3) is 0 Å². The van der Waals surface area contributed by atoms with Crippen LogP contribution in [0.15, 0.2) is 23.8 Å². The van der Waals surface area contributed by atoms with Gasteiger partial charge < -0.3 is 4.74 Å². The average molecular weight is 303 g/mol. The summed E-state index contributed by atoms with van der Waals surface area (Å²) < 4.78 is 5.21. The first-order valence-corrected chi connectivity index (χ1v) is 7.04. The molecular weight excluding hydrogens is 280 g/mol. The number of esters is 1. The Morgan fingerprint density at radius 1 is 1.24 bits per heavy atom. The third-order valence-electron chi connectivity index (χ3n) is 2.13. The lowest BCUT2D eigenvalue weighted by atomic mass is 9.97. The van der Waals surface area contributed by atoms with Crippen molar-refractivity contribution < 1.29 is 9.53 Å². The van der Waals surface area contributed by atoms with Gasteiger partial charge in [0.15, 0.2) is 0 Å². The average Bonchev–Trinajstić information content (AvgIpc) is 2.24. The molecule has 0 aliphatic carbocycles. The highest BCUT2D eigenvalue weighted by Crippen LogP contribution is 2.15. The van der Waals surface area contributed by atoms with E-state index in [1.54, 1.807) is 0 Å². The normalized spacial score (nSPS) is 13.1. The van der Waals surface area contributed by atoms with Gasteiger partial charge in [-0.25, -0.2) is 0 Å². The first kappa shape index (κ1) is 16.4. The first-order valence-electron chi connectivity index (χ1n) is 5.91. The molecule has 0 aromatic carbocycles. The maximum absolute atomic E-state index is 11.5. The number of halogens is 1. The second kappa shape index (κ2) is 8.51. The molecule has 0 radical (unpaired) electrons. The molecule has 0 aromatic heterocycles. The molecule has 0 amide bonds. The molecule has 0 bridgehead atoms. The Hall–Kier alpha value is -0.570. The van der Waals surface area contributed by atoms with Gasteiger partial charge in [0.25, 0.3) is 0 Å². The highest BCUT2D eigenvalue weighted by Gasteiger charge is 2.22. The largest absolute Gasteiger partial charge is 0.461 e. The number of carbonyl (C=O) groups is 1. The number of carbonyl (C=O) groups excluding carboxylic acids is 1. The van der Waals surface area contributed by atoms with Gasteiger partial charge in [-0.1, -0.05) is 34.2 Å². The summed E-state index contributed by atoms with van der Waals surface area (Å²) in [7, 11) is 0. The summed E-state index contributed by atoms with van der Waals surface area (Å²) in [5, 5.41) is 0.902. The second-order valence-corrected chi connectivity index (χ2v) is 5.73. The predicted molar refractivity (Wildman–Crippen MR) is 76.3 cm³/mol. The predicted octanol–water partition coefficient (Wildman–Crippen LogP) is 4.25. The minimum absolute atomic E-state index is 0.149. The lowest BCUT2D eigenvalue weighted by Gasteiger charge is -2.16. The molecule has 2 nitrogen and oxygen atoms in total. The Labute approximate surface area is 113 Å². The molecule has 0 aliphatic rings. The van der Waals surface area contributed by atoms with E-state index in [2.05, 4.69) is 34.2 Å². The lowest BCUT2D eigenvalue weighted by Crippen LogP contribution is -2.23. The lowest BCUT2D eigenvalue weighted by molar-refractivity contribution is -0.151. The van der Waals surface area contributed by atoms with Crippen LogP contribution in [0.5, 0.6) is 0 Å². The van der Waals surface area contributed by atoms with Crippen LogP contribution in [-0.4, -0.2) is 17.9 Å². The van der Waals surface area contributed by atoms with Crippen molar-refractivity contribution in [3.8, 4) is 0 Å². The summed E-state index contributed by atoms with van der Waals surface area (Å²) in [6, 6.07) is 0. The summed E-state index contributed by atoms with van der Waals surface area (Å²) in [4.78, 5) is 11.5. The van der Waals surface area contributed by atoms with E-state index >= 15 is 0 Å². The molecule has 0 unspecified atom stereocenters. The van der Waals surface area contributed by atoms with Gasteiger partial charge in [0.05, 0.1) is 5.41 Å². The number of hydrogen-bond donors (Lipinski definition) is 0. The molecule has 0 aromatic rings. The third kappa shape index (κ3) is 9.16. The van der Waals surface area contributed by atoms with Gasteiger partial charge in [-0.15, -0.1) is 0 Å². The van der Waals surface area contributed by atoms with Crippen LogP contribution in [0.1, 0.15) is 40.5 Å². The van der Waals surface area contributed by atoms with Crippen molar-refractivity contribution >= 4 is 21.9 Å². The first-order chi connectivity index (χ1) is 7.88. The zero-order chi connectivity index (χ0) is 13.3. The van der Waals surface area contributed by atoms with Gasteiger partial charge in [-0.05, 0) is 46.1 Å². The molecule has 17 heavy (non-hydrogen) atoms. The molecular formula is C14H23BrO2. The van der Waals surface area contributed by atoms with E-state index in [4.69, 9.17) is 4.74 Å². The van der Waals surface area contributed by atoms with E-state index in [-0.39, 0.29) is 5.97 Å². The number of rotatable bonds is 6. The fourth-order valence-electron chi connectivity index (χ4n) is 1.06. The van der Waals surface area contributed by atoms with Crippen LogP contribution in [0.4, 0.5) is 0 Å². The molecule has 0 aliphatic heterocycles. The molecule has 0 saturated carbocycles. The SMILES string of the molecule is C/C(=C\CC/C=C/CBr)COC(=O)C(C)(C)C. The summed E-state index contributed by atoms with van der Waals surface area (Å²) in [6.45, 7) is 7.97. The molecule has 0 N–H and O–H groups in total. The fourth-order valence-corrected chi connectivity index (χ4v) is 1.33. The summed E-state index contributed by atoms with van der Waals surface area (Å²) in [5.41, 5.74) is 0.689. The minimum atomic E-state index is -0.418. The standard InChI is InChI=1S/C14H23BrO2/c1-12(9-7-5-6-8-10-15)11-17-13(16)14(2,3)4/h6,8-9H,5,7,10-11H2,1-4H3/b8-6+,12-9+. The van der Waals surface area contributed by atoms with Gasteiger partial charge in [0.1, 0.15) is 6.61 Å². The Morgan fingerprint density at radius 2 is 1.88 bits per heavy atom. The van der Waals surface area contributed by atoms with E-state index in [1.165, 1.54) is 0 Å². The topological polar surface area (TPSA) is 26.3 Å². The zero-order valence-electron chi connectivity index (χ0n) is 11.3. The second-order valence-electron chi connectivity index (χ2n) is 5.08. The fraction of sp³-hybridized carbons (Fsp3) is 0.643. The molecule has 3 heteroatoms. The number of alkyl halides is 1. The molecule has 0 atom stereocenters. The van der Waals surface area contributed by atoms with Gasteiger partial charge in [0.2, 0.25) is 0 Å².